The smallest absolute Gasteiger partial charge is 0.112 e. The average molecular weight is 280 g/mol. The third-order valence-electron chi connectivity index (χ3n) is 3.40. The quantitative estimate of drug-likeness (QED) is 0.570. The number of H-pyrrole nitrogens is 1. The Morgan fingerprint density at radius 1 is 1.16 bits per heavy atom. The topological polar surface area (TPSA) is 54.7 Å². The minimum Gasteiger partial charge on any atom is -0.397 e. The SMILES string of the molecule is CCCCCCCCc1nc2c(N)cc(Cl)cc2[nH]1. The molecular weight excluding hydrogens is 258 g/mol. The number of hydrogen-bond donors (Lipinski definition) is 2. The number of nitrogens with zero attached hydrogens (tertiary/aromatic N) is 1. The lowest BCUT2D eigenvalue weighted by atomic mass is 10.1. The number of benzene rings is 1. The van der Waals surface area contributed by atoms with Crippen LogP contribution in [0, 0.1) is 0 Å². The van der Waals surface area contributed by atoms with Gasteiger partial charge in [0.2, 0.25) is 0 Å². The number of unbranched alkanes of at least 4 members (excludes halogenated alkanes) is 5. The number of hydrogen-bond acceptors (Lipinski definition) is 2. The highest BCUT2D eigenvalue weighted by atomic mass is 35.5. The normalized spacial score (nSPS) is 11.3. The van der Waals surface area contributed by atoms with Crippen LogP contribution in [0.25, 0.3) is 11.0 Å². The number of imidazole rings is 1. The first-order chi connectivity index (χ1) is 9.20. The van der Waals surface area contributed by atoms with Crippen molar-refractivity contribution in [1.82, 2.24) is 9.97 Å². The van der Waals surface area contributed by atoms with Crippen LogP contribution >= 0.6 is 11.6 Å². The van der Waals surface area contributed by atoms with E-state index < -0.39 is 0 Å². The molecule has 0 amide bonds. The summed E-state index contributed by atoms with van der Waals surface area (Å²) in [4.78, 5) is 7.85. The van der Waals surface area contributed by atoms with Gasteiger partial charge in [0.1, 0.15) is 11.3 Å². The van der Waals surface area contributed by atoms with Gasteiger partial charge in [0.05, 0.1) is 11.2 Å². The largest absolute Gasteiger partial charge is 0.397 e. The van der Waals surface area contributed by atoms with Gasteiger partial charge in [-0.15, -0.1) is 0 Å². The van der Waals surface area contributed by atoms with Gasteiger partial charge in [-0.3, -0.25) is 0 Å². The first-order valence-electron chi connectivity index (χ1n) is 7.14. The lowest BCUT2D eigenvalue weighted by Gasteiger charge is -1.98. The predicted molar refractivity (Wildman–Crippen MR) is 82.6 cm³/mol. The van der Waals surface area contributed by atoms with Gasteiger partial charge in [0.25, 0.3) is 0 Å². The second kappa shape index (κ2) is 6.80. The lowest BCUT2D eigenvalue weighted by Crippen LogP contribution is -1.89. The summed E-state index contributed by atoms with van der Waals surface area (Å²) in [6, 6.07) is 3.63. The zero-order chi connectivity index (χ0) is 13.7. The molecule has 3 N–H and O–H groups in total. The third-order valence-corrected chi connectivity index (χ3v) is 3.62. The molecule has 0 aliphatic rings. The predicted octanol–water partition coefficient (Wildman–Crippen LogP) is 4.70. The number of fused-ring (bicyclic) bond motifs is 1. The van der Waals surface area contributed by atoms with Crippen molar-refractivity contribution in [3.63, 3.8) is 0 Å². The van der Waals surface area contributed by atoms with Crippen LogP contribution in [0.3, 0.4) is 0 Å². The maximum absolute atomic E-state index is 5.98. The minimum absolute atomic E-state index is 0.646. The van der Waals surface area contributed by atoms with E-state index in [9.17, 15) is 0 Å². The van der Waals surface area contributed by atoms with Gasteiger partial charge in [-0.25, -0.2) is 4.98 Å². The fraction of sp³-hybridized carbons (Fsp3) is 0.533. The monoisotopic (exact) mass is 279 g/mol. The Labute approximate surface area is 119 Å². The lowest BCUT2D eigenvalue weighted by molar-refractivity contribution is 0.602. The Bertz CT molecular complexity index is 533. The number of rotatable bonds is 7. The molecule has 0 radical (unpaired) electrons. The molecule has 19 heavy (non-hydrogen) atoms. The van der Waals surface area contributed by atoms with Crippen molar-refractivity contribution in [2.75, 3.05) is 5.73 Å². The molecule has 1 aromatic heterocycles. The standard InChI is InChI=1S/C15H22ClN3/c1-2-3-4-5-6-7-8-14-18-13-10-11(16)9-12(17)15(13)19-14/h9-10H,2-8,17H2,1H3,(H,18,19). The van der Waals surface area contributed by atoms with Crippen molar-refractivity contribution in [3.05, 3.63) is 23.0 Å². The molecular formula is C15H22ClN3. The third kappa shape index (κ3) is 3.87. The maximum atomic E-state index is 5.98. The van der Waals surface area contributed by atoms with Crippen molar-refractivity contribution in [2.24, 2.45) is 0 Å². The Morgan fingerprint density at radius 2 is 1.89 bits per heavy atom. The molecule has 104 valence electrons. The van der Waals surface area contributed by atoms with Gasteiger partial charge < -0.3 is 10.7 Å². The van der Waals surface area contributed by atoms with Crippen LogP contribution in [0.4, 0.5) is 5.69 Å². The number of anilines is 1. The summed E-state index contributed by atoms with van der Waals surface area (Å²) in [7, 11) is 0. The summed E-state index contributed by atoms with van der Waals surface area (Å²) in [5.74, 6) is 1.01. The average Bonchev–Trinajstić information content (AvgIpc) is 2.76. The Morgan fingerprint density at radius 3 is 2.68 bits per heavy atom. The van der Waals surface area contributed by atoms with E-state index in [2.05, 4.69) is 16.9 Å². The second-order valence-electron chi connectivity index (χ2n) is 5.09. The highest BCUT2D eigenvalue weighted by Crippen LogP contribution is 2.24. The Balaban J connectivity index is 1.89. The molecule has 1 aromatic carbocycles. The molecule has 0 atom stereocenters. The molecule has 0 spiro atoms. The molecule has 2 rings (SSSR count). The number of aromatic nitrogens is 2. The van der Waals surface area contributed by atoms with Crippen LogP contribution < -0.4 is 5.73 Å². The maximum Gasteiger partial charge on any atom is 0.112 e. The van der Waals surface area contributed by atoms with E-state index >= 15 is 0 Å². The molecule has 0 bridgehead atoms. The van der Waals surface area contributed by atoms with E-state index in [1.54, 1.807) is 6.07 Å². The van der Waals surface area contributed by atoms with Gasteiger partial charge in [-0.1, -0.05) is 50.6 Å². The molecule has 0 aliphatic heterocycles. The molecule has 4 heteroatoms. The van der Waals surface area contributed by atoms with Crippen molar-refractivity contribution in [3.8, 4) is 0 Å². The van der Waals surface area contributed by atoms with E-state index in [1.165, 1.54) is 38.5 Å². The summed E-state index contributed by atoms with van der Waals surface area (Å²) in [6.45, 7) is 2.24. The Hall–Kier alpha value is -1.22. The molecule has 0 aliphatic carbocycles. The number of aryl methyl sites for hydroxylation is 1. The zero-order valence-corrected chi connectivity index (χ0v) is 12.3. The molecule has 0 fully saturated rings. The summed E-state index contributed by atoms with van der Waals surface area (Å²) in [5, 5.41) is 0.653. The van der Waals surface area contributed by atoms with Gasteiger partial charge in [0.15, 0.2) is 0 Å². The van der Waals surface area contributed by atoms with E-state index in [4.69, 9.17) is 17.3 Å². The van der Waals surface area contributed by atoms with Gasteiger partial charge in [-0.2, -0.15) is 0 Å². The highest BCUT2D eigenvalue weighted by Gasteiger charge is 2.06. The van der Waals surface area contributed by atoms with Crippen molar-refractivity contribution < 1.29 is 0 Å². The van der Waals surface area contributed by atoms with Crippen molar-refractivity contribution in [2.45, 2.75) is 51.9 Å². The first kappa shape index (κ1) is 14.2. The molecule has 3 nitrogen and oxygen atoms in total. The zero-order valence-electron chi connectivity index (χ0n) is 11.5. The first-order valence-corrected chi connectivity index (χ1v) is 7.52. The molecule has 0 unspecified atom stereocenters. The summed E-state index contributed by atoms with van der Waals surface area (Å²) in [6.07, 6.45) is 8.74. The van der Waals surface area contributed by atoms with Crippen LogP contribution in [-0.2, 0) is 6.42 Å². The number of aromatic amines is 1. The van der Waals surface area contributed by atoms with Gasteiger partial charge in [0, 0.05) is 11.4 Å². The van der Waals surface area contributed by atoms with Crippen LogP contribution in [0.15, 0.2) is 12.1 Å². The number of nitrogens with two attached hydrogens (primary N) is 1. The second-order valence-corrected chi connectivity index (χ2v) is 5.53. The molecule has 0 saturated carbocycles. The van der Waals surface area contributed by atoms with E-state index in [0.717, 1.165) is 23.3 Å². The molecule has 0 saturated heterocycles. The van der Waals surface area contributed by atoms with Crippen LogP contribution in [0.1, 0.15) is 51.3 Å². The van der Waals surface area contributed by atoms with Gasteiger partial charge in [-0.05, 0) is 18.6 Å². The van der Waals surface area contributed by atoms with E-state index in [1.807, 2.05) is 6.07 Å². The minimum atomic E-state index is 0.646. The van der Waals surface area contributed by atoms with Gasteiger partial charge >= 0.3 is 0 Å². The fourth-order valence-electron chi connectivity index (χ4n) is 2.35. The number of nitrogens with one attached hydrogen (secondary N) is 1. The van der Waals surface area contributed by atoms with Crippen molar-refractivity contribution in [1.29, 1.82) is 0 Å². The summed E-state index contributed by atoms with van der Waals surface area (Å²) >= 11 is 5.98. The Kier molecular flexibility index (Phi) is 5.08. The summed E-state index contributed by atoms with van der Waals surface area (Å²) < 4.78 is 0. The van der Waals surface area contributed by atoms with E-state index in [0.29, 0.717) is 10.7 Å². The van der Waals surface area contributed by atoms with E-state index in [-0.39, 0.29) is 0 Å². The van der Waals surface area contributed by atoms with Crippen LogP contribution in [-0.4, -0.2) is 9.97 Å². The fourth-order valence-corrected chi connectivity index (χ4v) is 2.58. The highest BCUT2D eigenvalue weighted by molar-refractivity contribution is 6.31. The van der Waals surface area contributed by atoms with Crippen LogP contribution in [0.5, 0.6) is 0 Å². The number of halogens is 1. The molecule has 2 aromatic rings. The number of nitrogen functional groups attached to an aromatic ring is 1. The van der Waals surface area contributed by atoms with Crippen LogP contribution in [0.2, 0.25) is 5.02 Å². The van der Waals surface area contributed by atoms with Crippen molar-refractivity contribution >= 4 is 28.3 Å². The summed E-state index contributed by atoms with van der Waals surface area (Å²) in [5.41, 5.74) is 8.33. The molecule has 1 heterocycles.